The number of aryl methyl sites for hydroxylation is 2. The zero-order chi connectivity index (χ0) is 14.5. The summed E-state index contributed by atoms with van der Waals surface area (Å²) < 4.78 is 0. The molecule has 0 amide bonds. The number of nitrogens with one attached hydrogen (secondary N) is 2. The normalized spacial score (nSPS) is 11.8. The highest BCUT2D eigenvalue weighted by Gasteiger charge is 2.08. The lowest BCUT2D eigenvalue weighted by Gasteiger charge is -2.18. The smallest absolute Gasteiger partial charge is 0.171 e. The van der Waals surface area contributed by atoms with Gasteiger partial charge in [-0.25, -0.2) is 0 Å². The van der Waals surface area contributed by atoms with Crippen LogP contribution in [0.5, 0.6) is 0 Å². The lowest BCUT2D eigenvalue weighted by atomic mass is 10.0. The molecule has 3 nitrogen and oxygen atoms in total. The number of hydrogen-bond donors (Lipinski definition) is 2. The summed E-state index contributed by atoms with van der Waals surface area (Å²) in [6.45, 7) is 6.34. The van der Waals surface area contributed by atoms with Gasteiger partial charge >= 0.3 is 0 Å². The summed E-state index contributed by atoms with van der Waals surface area (Å²) >= 11 is 5.33. The van der Waals surface area contributed by atoms with Gasteiger partial charge in [0, 0.05) is 18.1 Å². The van der Waals surface area contributed by atoms with Gasteiger partial charge < -0.3 is 10.6 Å². The Kier molecular flexibility index (Phi) is 4.69. The van der Waals surface area contributed by atoms with E-state index in [4.69, 9.17) is 12.2 Å². The van der Waals surface area contributed by atoms with Gasteiger partial charge in [0.05, 0.1) is 6.04 Å². The first-order valence-corrected chi connectivity index (χ1v) is 7.02. The predicted octanol–water partition coefficient (Wildman–Crippen LogP) is 3.75. The molecule has 2 aromatic rings. The Hall–Kier alpha value is -1.94. The number of anilines is 1. The molecule has 4 heteroatoms. The minimum Gasteiger partial charge on any atom is -0.356 e. The molecule has 0 saturated carbocycles. The third kappa shape index (κ3) is 3.78. The van der Waals surface area contributed by atoms with Crippen molar-refractivity contribution in [2.24, 2.45) is 0 Å². The lowest BCUT2D eigenvalue weighted by molar-refractivity contribution is 0.721. The summed E-state index contributed by atoms with van der Waals surface area (Å²) in [5.74, 6) is 0. The van der Waals surface area contributed by atoms with Crippen LogP contribution in [-0.4, -0.2) is 10.1 Å². The highest BCUT2D eigenvalue weighted by molar-refractivity contribution is 7.80. The van der Waals surface area contributed by atoms with E-state index < -0.39 is 0 Å². The molecular weight excluding hydrogens is 266 g/mol. The van der Waals surface area contributed by atoms with Crippen molar-refractivity contribution in [3.63, 3.8) is 0 Å². The fourth-order valence-corrected chi connectivity index (χ4v) is 2.21. The summed E-state index contributed by atoms with van der Waals surface area (Å²) in [6.07, 6.45) is 3.47. The monoisotopic (exact) mass is 285 g/mol. The van der Waals surface area contributed by atoms with Crippen LogP contribution in [-0.2, 0) is 0 Å². The summed E-state index contributed by atoms with van der Waals surface area (Å²) in [6, 6.07) is 10.4. The summed E-state index contributed by atoms with van der Waals surface area (Å²) in [7, 11) is 0. The fourth-order valence-electron chi connectivity index (χ4n) is 1.92. The van der Waals surface area contributed by atoms with Gasteiger partial charge in [-0.2, -0.15) is 0 Å². The van der Waals surface area contributed by atoms with Crippen molar-refractivity contribution in [1.29, 1.82) is 0 Å². The van der Waals surface area contributed by atoms with Crippen LogP contribution in [0, 0.1) is 13.8 Å². The average Bonchev–Trinajstić information content (AvgIpc) is 2.42. The Morgan fingerprint density at radius 2 is 1.80 bits per heavy atom. The quantitative estimate of drug-likeness (QED) is 0.842. The van der Waals surface area contributed by atoms with Crippen molar-refractivity contribution >= 4 is 23.0 Å². The SMILES string of the molecule is Cc1ccc(C(C)NC(=S)Nc2ccncc2)cc1C. The molecule has 1 atom stereocenters. The average molecular weight is 285 g/mol. The number of rotatable bonds is 3. The number of thiocarbonyl (C=S) groups is 1. The number of aromatic nitrogens is 1. The van der Waals surface area contributed by atoms with Crippen LogP contribution in [0.4, 0.5) is 5.69 Å². The molecule has 0 aliphatic rings. The molecule has 2 N–H and O–H groups in total. The maximum absolute atomic E-state index is 5.33. The first kappa shape index (κ1) is 14.5. The lowest BCUT2D eigenvalue weighted by Crippen LogP contribution is -2.30. The maximum Gasteiger partial charge on any atom is 0.171 e. The molecular formula is C16H19N3S. The van der Waals surface area contributed by atoms with Gasteiger partial charge in [-0.3, -0.25) is 4.98 Å². The van der Waals surface area contributed by atoms with Crippen LogP contribution >= 0.6 is 12.2 Å². The third-order valence-electron chi connectivity index (χ3n) is 3.32. The van der Waals surface area contributed by atoms with Crippen molar-refractivity contribution in [3.8, 4) is 0 Å². The summed E-state index contributed by atoms with van der Waals surface area (Å²) in [5.41, 5.74) is 4.76. The number of nitrogens with zero attached hydrogens (tertiary/aromatic N) is 1. The van der Waals surface area contributed by atoms with Gasteiger partial charge in [-0.1, -0.05) is 18.2 Å². The Morgan fingerprint density at radius 3 is 2.45 bits per heavy atom. The van der Waals surface area contributed by atoms with Crippen molar-refractivity contribution in [1.82, 2.24) is 10.3 Å². The minimum atomic E-state index is 0.163. The van der Waals surface area contributed by atoms with Gasteiger partial charge in [-0.05, 0) is 61.8 Å². The Labute approximate surface area is 125 Å². The Morgan fingerprint density at radius 1 is 1.10 bits per heavy atom. The molecule has 0 bridgehead atoms. The van der Waals surface area contributed by atoms with E-state index in [1.165, 1.54) is 16.7 Å². The van der Waals surface area contributed by atoms with E-state index in [9.17, 15) is 0 Å². The van der Waals surface area contributed by atoms with Crippen molar-refractivity contribution < 1.29 is 0 Å². The molecule has 0 aliphatic carbocycles. The van der Waals surface area contributed by atoms with Crippen LogP contribution in [0.1, 0.15) is 29.7 Å². The molecule has 0 fully saturated rings. The van der Waals surface area contributed by atoms with E-state index in [0.717, 1.165) is 5.69 Å². The molecule has 1 aromatic carbocycles. The van der Waals surface area contributed by atoms with Crippen molar-refractivity contribution in [2.45, 2.75) is 26.8 Å². The highest BCUT2D eigenvalue weighted by Crippen LogP contribution is 2.17. The van der Waals surface area contributed by atoms with Crippen molar-refractivity contribution in [2.75, 3.05) is 5.32 Å². The second kappa shape index (κ2) is 6.48. The zero-order valence-electron chi connectivity index (χ0n) is 12.0. The Balaban J connectivity index is 1.98. The molecule has 1 heterocycles. The molecule has 0 spiro atoms. The molecule has 0 aliphatic heterocycles. The van der Waals surface area contributed by atoms with E-state index in [2.05, 4.69) is 54.6 Å². The van der Waals surface area contributed by atoms with Gasteiger partial charge in [0.1, 0.15) is 0 Å². The minimum absolute atomic E-state index is 0.163. The molecule has 0 radical (unpaired) electrons. The number of pyridine rings is 1. The first-order chi connectivity index (χ1) is 9.56. The molecule has 1 aromatic heterocycles. The van der Waals surface area contributed by atoms with Gasteiger partial charge in [-0.15, -0.1) is 0 Å². The molecule has 0 saturated heterocycles. The van der Waals surface area contributed by atoms with E-state index in [1.807, 2.05) is 12.1 Å². The summed E-state index contributed by atoms with van der Waals surface area (Å²) in [4.78, 5) is 3.98. The van der Waals surface area contributed by atoms with Crippen LogP contribution < -0.4 is 10.6 Å². The molecule has 104 valence electrons. The van der Waals surface area contributed by atoms with E-state index >= 15 is 0 Å². The number of benzene rings is 1. The first-order valence-electron chi connectivity index (χ1n) is 6.61. The van der Waals surface area contributed by atoms with E-state index in [0.29, 0.717) is 5.11 Å². The molecule has 2 rings (SSSR count). The Bertz CT molecular complexity index is 596. The van der Waals surface area contributed by atoms with Crippen LogP contribution in [0.15, 0.2) is 42.7 Å². The largest absolute Gasteiger partial charge is 0.356 e. The second-order valence-electron chi connectivity index (χ2n) is 4.90. The van der Waals surface area contributed by atoms with E-state index in [-0.39, 0.29) is 6.04 Å². The van der Waals surface area contributed by atoms with E-state index in [1.54, 1.807) is 12.4 Å². The van der Waals surface area contributed by atoms with Crippen molar-refractivity contribution in [3.05, 3.63) is 59.4 Å². The summed E-state index contributed by atoms with van der Waals surface area (Å²) in [5, 5.41) is 7.05. The zero-order valence-corrected chi connectivity index (χ0v) is 12.8. The number of hydrogen-bond acceptors (Lipinski definition) is 2. The fraction of sp³-hybridized carbons (Fsp3) is 0.250. The standard InChI is InChI=1S/C16H19N3S/c1-11-4-5-14(10-12(11)2)13(3)18-16(20)19-15-6-8-17-9-7-15/h4-10,13H,1-3H3,(H2,17,18,19,20). The van der Waals surface area contributed by atoms with Gasteiger partial charge in [0.2, 0.25) is 0 Å². The van der Waals surface area contributed by atoms with Gasteiger partial charge in [0.15, 0.2) is 5.11 Å². The predicted molar refractivity (Wildman–Crippen MR) is 87.9 cm³/mol. The molecule has 20 heavy (non-hydrogen) atoms. The highest BCUT2D eigenvalue weighted by atomic mass is 32.1. The van der Waals surface area contributed by atoms with Crippen LogP contribution in [0.2, 0.25) is 0 Å². The van der Waals surface area contributed by atoms with Crippen LogP contribution in [0.3, 0.4) is 0 Å². The second-order valence-corrected chi connectivity index (χ2v) is 5.31. The molecule has 1 unspecified atom stereocenters. The topological polar surface area (TPSA) is 37.0 Å². The van der Waals surface area contributed by atoms with Gasteiger partial charge in [0.25, 0.3) is 0 Å². The van der Waals surface area contributed by atoms with Crippen LogP contribution in [0.25, 0.3) is 0 Å². The maximum atomic E-state index is 5.33. The third-order valence-corrected chi connectivity index (χ3v) is 3.54.